The summed E-state index contributed by atoms with van der Waals surface area (Å²) in [5, 5.41) is 23.6. The van der Waals surface area contributed by atoms with Crippen molar-refractivity contribution >= 4 is 11.9 Å². The first-order valence-electron chi connectivity index (χ1n) is 23.6. The Morgan fingerprint density at radius 2 is 0.944 bits per heavy atom. The summed E-state index contributed by atoms with van der Waals surface area (Å²) in [6, 6.07) is -0.705. The Balaban J connectivity index is 4.60. The minimum atomic E-state index is -0.790. The number of amides is 1. The summed E-state index contributed by atoms with van der Waals surface area (Å²) >= 11 is 0. The predicted molar refractivity (Wildman–Crippen MR) is 232 cm³/mol. The molecule has 0 fully saturated rings. The van der Waals surface area contributed by atoms with E-state index in [-0.39, 0.29) is 24.9 Å². The molecule has 0 aliphatic heterocycles. The van der Waals surface area contributed by atoms with E-state index in [9.17, 15) is 19.8 Å². The molecule has 0 heterocycles. The largest absolute Gasteiger partial charge is 0.462 e. The smallest absolute Gasteiger partial charge is 0.306 e. The van der Waals surface area contributed by atoms with Crippen molar-refractivity contribution < 1.29 is 24.5 Å². The molecule has 0 bridgehead atoms. The van der Waals surface area contributed by atoms with E-state index >= 15 is 0 Å². The molecular formula is C48H91NO5. The SMILES string of the molecule is CCCCCCCC/C=C\C/C=C/CCC(=O)OC(CCCCCCCCCCCC)CC(=O)NC(CO)C(O)CCCCCCCCCCCCCC. The molecule has 0 saturated heterocycles. The zero-order chi connectivity index (χ0) is 39.6. The second-order valence-electron chi connectivity index (χ2n) is 16.2. The van der Waals surface area contributed by atoms with Gasteiger partial charge in [-0.15, -0.1) is 0 Å². The maximum absolute atomic E-state index is 13.1. The number of esters is 1. The fourth-order valence-electron chi connectivity index (χ4n) is 7.19. The molecule has 0 rings (SSSR count). The van der Waals surface area contributed by atoms with Crippen molar-refractivity contribution in [2.75, 3.05) is 6.61 Å². The van der Waals surface area contributed by atoms with Gasteiger partial charge in [0.2, 0.25) is 5.91 Å². The lowest BCUT2D eigenvalue weighted by atomic mass is 10.0. The van der Waals surface area contributed by atoms with Crippen LogP contribution in [0.25, 0.3) is 0 Å². The third kappa shape index (κ3) is 37.3. The average Bonchev–Trinajstić information content (AvgIpc) is 3.16. The predicted octanol–water partition coefficient (Wildman–Crippen LogP) is 13.6. The number of ether oxygens (including phenoxy) is 1. The molecule has 0 spiro atoms. The van der Waals surface area contributed by atoms with Crippen LogP contribution in [0.4, 0.5) is 0 Å². The third-order valence-electron chi connectivity index (χ3n) is 10.8. The van der Waals surface area contributed by atoms with E-state index in [0.29, 0.717) is 25.7 Å². The summed E-state index contributed by atoms with van der Waals surface area (Å²) in [5.41, 5.74) is 0. The van der Waals surface area contributed by atoms with E-state index < -0.39 is 18.2 Å². The molecule has 3 unspecified atom stereocenters. The second-order valence-corrected chi connectivity index (χ2v) is 16.2. The van der Waals surface area contributed by atoms with Gasteiger partial charge in [-0.2, -0.15) is 0 Å². The summed E-state index contributed by atoms with van der Waals surface area (Å²) in [4.78, 5) is 25.9. The molecule has 6 heteroatoms. The highest BCUT2D eigenvalue weighted by atomic mass is 16.5. The molecule has 6 nitrogen and oxygen atoms in total. The highest BCUT2D eigenvalue weighted by molar-refractivity contribution is 5.77. The first-order valence-corrected chi connectivity index (χ1v) is 23.6. The summed E-state index contributed by atoms with van der Waals surface area (Å²) in [7, 11) is 0. The van der Waals surface area contributed by atoms with Crippen LogP contribution in [0.3, 0.4) is 0 Å². The first-order chi connectivity index (χ1) is 26.5. The van der Waals surface area contributed by atoms with Gasteiger partial charge in [-0.25, -0.2) is 0 Å². The van der Waals surface area contributed by atoms with Gasteiger partial charge in [0.1, 0.15) is 6.10 Å². The van der Waals surface area contributed by atoms with Crippen LogP contribution in [-0.2, 0) is 14.3 Å². The van der Waals surface area contributed by atoms with E-state index in [0.717, 1.165) is 51.4 Å². The highest BCUT2D eigenvalue weighted by Crippen LogP contribution is 2.17. The fraction of sp³-hybridized carbons (Fsp3) is 0.875. The van der Waals surface area contributed by atoms with Crippen molar-refractivity contribution in [1.82, 2.24) is 5.32 Å². The molecule has 1 amide bonds. The van der Waals surface area contributed by atoms with Crippen molar-refractivity contribution in [3.05, 3.63) is 24.3 Å². The molecule has 0 aliphatic rings. The maximum Gasteiger partial charge on any atom is 0.306 e. The lowest BCUT2D eigenvalue weighted by Gasteiger charge is -2.24. The van der Waals surface area contributed by atoms with Crippen LogP contribution in [0.5, 0.6) is 0 Å². The lowest BCUT2D eigenvalue weighted by molar-refractivity contribution is -0.150. The number of carbonyl (C=O) groups excluding carboxylic acids is 2. The van der Waals surface area contributed by atoms with E-state index in [4.69, 9.17) is 4.74 Å². The Hall–Kier alpha value is -1.66. The molecule has 0 aromatic heterocycles. The molecule has 0 aromatic rings. The van der Waals surface area contributed by atoms with Gasteiger partial charge in [-0.3, -0.25) is 9.59 Å². The van der Waals surface area contributed by atoms with Gasteiger partial charge >= 0.3 is 5.97 Å². The van der Waals surface area contributed by atoms with Crippen LogP contribution < -0.4 is 5.32 Å². The summed E-state index contributed by atoms with van der Waals surface area (Å²) in [6.45, 7) is 6.45. The zero-order valence-corrected chi connectivity index (χ0v) is 36.1. The number of nitrogens with one attached hydrogen (secondary N) is 1. The molecule has 3 N–H and O–H groups in total. The molecule has 318 valence electrons. The quantitative estimate of drug-likeness (QED) is 0.0327. The Morgan fingerprint density at radius 1 is 0.537 bits per heavy atom. The van der Waals surface area contributed by atoms with Crippen LogP contribution in [0.1, 0.15) is 245 Å². The van der Waals surface area contributed by atoms with Crippen LogP contribution in [0, 0.1) is 0 Å². The van der Waals surface area contributed by atoms with Crippen LogP contribution in [-0.4, -0.2) is 46.9 Å². The Bertz CT molecular complexity index is 858. The number of allylic oxidation sites excluding steroid dienone is 4. The minimum Gasteiger partial charge on any atom is -0.462 e. The fourth-order valence-corrected chi connectivity index (χ4v) is 7.19. The van der Waals surface area contributed by atoms with E-state index in [1.54, 1.807) is 0 Å². The van der Waals surface area contributed by atoms with Crippen molar-refractivity contribution in [2.45, 2.75) is 264 Å². The van der Waals surface area contributed by atoms with E-state index in [2.05, 4.69) is 44.3 Å². The lowest BCUT2D eigenvalue weighted by Crippen LogP contribution is -2.46. The average molecular weight is 762 g/mol. The maximum atomic E-state index is 13.1. The van der Waals surface area contributed by atoms with Gasteiger partial charge in [0.15, 0.2) is 0 Å². The number of unbranched alkanes of at least 4 members (excludes halogenated alkanes) is 26. The van der Waals surface area contributed by atoms with Gasteiger partial charge in [0.25, 0.3) is 0 Å². The van der Waals surface area contributed by atoms with Crippen LogP contribution in [0.2, 0.25) is 0 Å². The Labute approximate surface area is 335 Å². The van der Waals surface area contributed by atoms with Crippen molar-refractivity contribution in [3.8, 4) is 0 Å². The molecule has 0 radical (unpaired) electrons. The summed E-state index contributed by atoms with van der Waals surface area (Å²) in [5.74, 6) is -0.547. The topological polar surface area (TPSA) is 95.9 Å². The molecule has 0 saturated carbocycles. The number of aliphatic hydroxyl groups is 2. The standard InChI is InChI=1S/C48H91NO5/c1-4-7-10-13-16-19-22-24-26-29-32-35-38-41-48(53)54-44(39-36-33-30-27-21-18-15-12-9-6-3)42-47(52)49-45(43-50)46(51)40-37-34-31-28-25-23-20-17-14-11-8-5-2/h24,26,32,35,44-46,50-51H,4-23,25,27-31,33-34,36-43H2,1-3H3,(H,49,52)/b26-24-,35-32+. The van der Waals surface area contributed by atoms with Gasteiger partial charge in [0.05, 0.1) is 25.2 Å². The highest BCUT2D eigenvalue weighted by Gasteiger charge is 2.24. The Kier molecular flexibility index (Phi) is 41.2. The van der Waals surface area contributed by atoms with Gasteiger partial charge < -0.3 is 20.3 Å². The molecule has 0 aromatic carbocycles. The molecular weight excluding hydrogens is 671 g/mol. The Morgan fingerprint density at radius 3 is 1.41 bits per heavy atom. The van der Waals surface area contributed by atoms with Crippen molar-refractivity contribution in [3.63, 3.8) is 0 Å². The molecule has 3 atom stereocenters. The molecule has 54 heavy (non-hydrogen) atoms. The number of hydrogen-bond acceptors (Lipinski definition) is 5. The van der Waals surface area contributed by atoms with Crippen LogP contribution in [0.15, 0.2) is 24.3 Å². The summed E-state index contributed by atoms with van der Waals surface area (Å²) < 4.78 is 5.86. The summed E-state index contributed by atoms with van der Waals surface area (Å²) in [6.07, 6.45) is 46.7. The van der Waals surface area contributed by atoms with E-state index in [1.807, 2.05) is 6.08 Å². The number of hydrogen-bond donors (Lipinski definition) is 3. The van der Waals surface area contributed by atoms with Crippen molar-refractivity contribution in [1.29, 1.82) is 0 Å². The number of rotatable bonds is 42. The second kappa shape index (κ2) is 42.5. The number of carbonyl (C=O) groups is 2. The number of aliphatic hydroxyl groups excluding tert-OH is 2. The van der Waals surface area contributed by atoms with Gasteiger partial charge in [-0.05, 0) is 44.9 Å². The van der Waals surface area contributed by atoms with Crippen molar-refractivity contribution in [2.24, 2.45) is 0 Å². The normalized spacial score (nSPS) is 13.5. The van der Waals surface area contributed by atoms with E-state index in [1.165, 1.54) is 141 Å². The molecule has 0 aliphatic carbocycles. The third-order valence-corrected chi connectivity index (χ3v) is 10.8. The minimum absolute atomic E-state index is 0.0598. The van der Waals surface area contributed by atoms with Gasteiger partial charge in [0, 0.05) is 6.42 Å². The monoisotopic (exact) mass is 762 g/mol. The van der Waals surface area contributed by atoms with Crippen LogP contribution >= 0.6 is 0 Å². The van der Waals surface area contributed by atoms with Gasteiger partial charge in [-0.1, -0.05) is 212 Å². The zero-order valence-electron chi connectivity index (χ0n) is 36.1. The first kappa shape index (κ1) is 52.3.